The number of nitrogens with zero attached hydrogens (tertiary/aromatic N) is 1. The number of methoxy groups -OCH3 is 1. The maximum atomic E-state index is 14.2. The Hall–Kier alpha value is -3.18. The van der Waals surface area contributed by atoms with E-state index in [9.17, 15) is 22.0 Å². The molecule has 2 rings (SSSR count). The third-order valence-corrected chi connectivity index (χ3v) is 5.25. The van der Waals surface area contributed by atoms with E-state index >= 15 is 0 Å². The van der Waals surface area contributed by atoms with Crippen LogP contribution in [-0.4, -0.2) is 21.5 Å². The van der Waals surface area contributed by atoms with Crippen molar-refractivity contribution in [3.05, 3.63) is 65.5 Å². The Morgan fingerprint density at radius 2 is 1.83 bits per heavy atom. The van der Waals surface area contributed by atoms with Gasteiger partial charge in [-0.15, -0.1) is 0 Å². The zero-order valence-electron chi connectivity index (χ0n) is 15.6. The molecule has 0 saturated heterocycles. The average Bonchev–Trinajstić information content (AvgIpc) is 2.69. The quantitative estimate of drug-likeness (QED) is 0.352. The number of nitrogens with one attached hydrogen (secondary N) is 1. The number of sulfonamides is 1. The first-order chi connectivity index (χ1) is 13.6. The van der Waals surface area contributed by atoms with Gasteiger partial charge in [-0.1, -0.05) is 6.92 Å². The van der Waals surface area contributed by atoms with Gasteiger partial charge in [0.1, 0.15) is 11.6 Å². The summed E-state index contributed by atoms with van der Waals surface area (Å²) in [6.07, 6.45) is 2.07. The Kier molecular flexibility index (Phi) is 6.77. The first kappa shape index (κ1) is 22.1. The molecule has 0 saturated carbocycles. The smallest absolute Gasteiger partial charge is 0.340 e. The largest absolute Gasteiger partial charge is 0.465 e. The van der Waals surface area contributed by atoms with Gasteiger partial charge >= 0.3 is 5.97 Å². The van der Waals surface area contributed by atoms with Crippen LogP contribution in [0.5, 0.6) is 0 Å². The minimum Gasteiger partial charge on any atom is -0.465 e. The molecule has 0 atom stereocenters. The Balaban J connectivity index is 2.28. The average molecular weight is 426 g/mol. The number of hydrazine groups is 1. The molecule has 0 unspecified atom stereocenters. The third-order valence-electron chi connectivity index (χ3n) is 3.86. The van der Waals surface area contributed by atoms with Crippen LogP contribution in [0.1, 0.15) is 23.7 Å². The van der Waals surface area contributed by atoms with Gasteiger partial charge in [-0.25, -0.2) is 27.8 Å². The molecule has 0 aliphatic heterocycles. The van der Waals surface area contributed by atoms with Crippen LogP contribution >= 0.6 is 0 Å². The second-order valence-corrected chi connectivity index (χ2v) is 7.55. The van der Waals surface area contributed by atoms with Crippen molar-refractivity contribution in [2.45, 2.75) is 18.2 Å². The van der Waals surface area contributed by atoms with Gasteiger partial charge in [0.15, 0.2) is 0 Å². The molecule has 8 nitrogen and oxygen atoms in total. The summed E-state index contributed by atoms with van der Waals surface area (Å²) >= 11 is 0. The van der Waals surface area contributed by atoms with Gasteiger partial charge < -0.3 is 10.5 Å². The fourth-order valence-corrected chi connectivity index (χ4v) is 3.30. The molecule has 5 N–H and O–H groups in total. The highest BCUT2D eigenvalue weighted by atomic mass is 32.2. The van der Waals surface area contributed by atoms with E-state index in [-0.39, 0.29) is 4.90 Å². The molecule has 156 valence electrons. The van der Waals surface area contributed by atoms with Crippen molar-refractivity contribution < 1.29 is 26.7 Å². The number of benzene rings is 2. The van der Waals surface area contributed by atoms with Crippen molar-refractivity contribution in [1.29, 1.82) is 0 Å². The van der Waals surface area contributed by atoms with Crippen molar-refractivity contribution in [2.75, 3.05) is 16.8 Å². The molecule has 0 amide bonds. The molecule has 0 aromatic heterocycles. The molecule has 0 heterocycles. The zero-order chi connectivity index (χ0) is 21.8. The van der Waals surface area contributed by atoms with E-state index in [0.29, 0.717) is 29.9 Å². The second kappa shape index (κ2) is 8.88. The number of nitrogens with two attached hydrogens (primary N) is 2. The predicted octanol–water partition coefficient (Wildman–Crippen LogP) is 2.44. The summed E-state index contributed by atoms with van der Waals surface area (Å²) in [5, 5.41) is 1.23. The number of allylic oxidation sites excluding steroid dienone is 1. The number of ether oxygens (including phenoxy) is 1. The van der Waals surface area contributed by atoms with Crippen molar-refractivity contribution in [2.24, 2.45) is 11.6 Å². The van der Waals surface area contributed by atoms with E-state index in [0.717, 1.165) is 7.11 Å². The Morgan fingerprint density at radius 1 is 1.21 bits per heavy atom. The van der Waals surface area contributed by atoms with Gasteiger partial charge in [-0.05, 0) is 36.8 Å². The standard InChI is InChI=1S/C18H20F2N4O4S/c1-3-11(21)10-24(22)12-4-6-13(7-5-12)29(26,27)23-17-9-15(19)14(8-16(17)20)18(25)28-2/h4-10,23H,3,21-22H2,1-2H3/b11-10-. The fraction of sp³-hybridized carbons (Fsp3) is 0.167. The zero-order valence-corrected chi connectivity index (χ0v) is 16.5. The number of hydrogen-bond donors (Lipinski definition) is 3. The van der Waals surface area contributed by atoms with Crippen LogP contribution in [0.25, 0.3) is 0 Å². The molecule has 2 aromatic rings. The van der Waals surface area contributed by atoms with Crippen LogP contribution in [0.3, 0.4) is 0 Å². The van der Waals surface area contributed by atoms with Gasteiger partial charge in [0.2, 0.25) is 0 Å². The highest BCUT2D eigenvalue weighted by Crippen LogP contribution is 2.24. The number of esters is 1. The first-order valence-electron chi connectivity index (χ1n) is 8.29. The van der Waals surface area contributed by atoms with Crippen LogP contribution in [-0.2, 0) is 14.8 Å². The highest BCUT2D eigenvalue weighted by Gasteiger charge is 2.21. The van der Waals surface area contributed by atoms with Crippen LogP contribution in [0.15, 0.2) is 53.2 Å². The molecule has 0 bridgehead atoms. The van der Waals surface area contributed by atoms with Gasteiger partial charge in [0.05, 0.1) is 28.9 Å². The summed E-state index contributed by atoms with van der Waals surface area (Å²) in [5.41, 5.74) is 5.38. The number of carbonyl (C=O) groups excluding carboxylic acids is 1. The molecule has 2 aromatic carbocycles. The molecular formula is C18H20F2N4O4S. The summed E-state index contributed by atoms with van der Waals surface area (Å²) < 4.78 is 59.4. The molecular weight excluding hydrogens is 406 g/mol. The minimum atomic E-state index is -4.23. The maximum Gasteiger partial charge on any atom is 0.340 e. The van der Waals surface area contributed by atoms with Gasteiger partial charge in [-0.2, -0.15) is 0 Å². The lowest BCUT2D eigenvalue weighted by molar-refractivity contribution is 0.0595. The Bertz CT molecular complexity index is 1040. The van der Waals surface area contributed by atoms with E-state index < -0.39 is 38.9 Å². The van der Waals surface area contributed by atoms with E-state index in [2.05, 4.69) is 4.74 Å². The molecule has 0 fully saturated rings. The van der Waals surface area contributed by atoms with Crippen LogP contribution in [0, 0.1) is 11.6 Å². The number of rotatable bonds is 7. The van der Waals surface area contributed by atoms with Gasteiger partial charge in [0.25, 0.3) is 10.0 Å². The van der Waals surface area contributed by atoms with Crippen molar-refractivity contribution in [3.63, 3.8) is 0 Å². The normalized spacial score (nSPS) is 11.8. The summed E-state index contributed by atoms with van der Waals surface area (Å²) in [4.78, 5) is 11.2. The molecule has 0 radical (unpaired) electrons. The number of hydrogen-bond acceptors (Lipinski definition) is 7. The fourth-order valence-electron chi connectivity index (χ4n) is 2.24. The van der Waals surface area contributed by atoms with Gasteiger partial charge in [0, 0.05) is 18.0 Å². The van der Waals surface area contributed by atoms with Crippen molar-refractivity contribution >= 4 is 27.4 Å². The third kappa shape index (κ3) is 5.21. The monoisotopic (exact) mass is 426 g/mol. The number of halogens is 2. The van der Waals surface area contributed by atoms with E-state index in [1.807, 2.05) is 11.6 Å². The topological polar surface area (TPSA) is 128 Å². The summed E-state index contributed by atoms with van der Waals surface area (Å²) in [6.45, 7) is 1.85. The van der Waals surface area contributed by atoms with Crippen LogP contribution in [0.2, 0.25) is 0 Å². The van der Waals surface area contributed by atoms with Crippen molar-refractivity contribution in [3.8, 4) is 0 Å². The van der Waals surface area contributed by atoms with E-state index in [1.54, 1.807) is 0 Å². The second-order valence-electron chi connectivity index (χ2n) is 5.87. The minimum absolute atomic E-state index is 0.209. The lowest BCUT2D eigenvalue weighted by atomic mass is 10.2. The lowest BCUT2D eigenvalue weighted by Gasteiger charge is -2.16. The Morgan fingerprint density at radius 3 is 2.38 bits per heavy atom. The lowest BCUT2D eigenvalue weighted by Crippen LogP contribution is -2.26. The molecule has 0 spiro atoms. The van der Waals surface area contributed by atoms with Crippen LogP contribution < -0.4 is 21.3 Å². The maximum absolute atomic E-state index is 14.2. The summed E-state index contributed by atoms with van der Waals surface area (Å²) in [7, 11) is -3.22. The molecule has 0 aliphatic rings. The SMILES string of the molecule is CC/C(N)=C/N(N)c1ccc(S(=O)(=O)Nc2cc(F)c(C(=O)OC)cc2F)cc1. The van der Waals surface area contributed by atoms with Crippen molar-refractivity contribution in [1.82, 2.24) is 0 Å². The summed E-state index contributed by atoms with van der Waals surface area (Å²) in [5.74, 6) is 2.46. The number of anilines is 2. The predicted molar refractivity (Wildman–Crippen MR) is 104 cm³/mol. The van der Waals surface area contributed by atoms with E-state index in [4.69, 9.17) is 11.6 Å². The molecule has 0 aliphatic carbocycles. The van der Waals surface area contributed by atoms with E-state index in [1.165, 1.54) is 35.5 Å². The molecule has 29 heavy (non-hydrogen) atoms. The summed E-state index contributed by atoms with van der Waals surface area (Å²) in [6, 6.07) is 6.44. The van der Waals surface area contributed by atoms with Gasteiger partial charge in [-0.3, -0.25) is 9.73 Å². The highest BCUT2D eigenvalue weighted by molar-refractivity contribution is 7.92. The van der Waals surface area contributed by atoms with Crippen LogP contribution in [0.4, 0.5) is 20.2 Å². The first-order valence-corrected chi connectivity index (χ1v) is 9.77. The Labute approximate surface area is 166 Å². The number of carbonyl (C=O) groups is 1. The molecule has 11 heteroatoms.